The molecule has 0 aliphatic heterocycles. The van der Waals surface area contributed by atoms with Crippen LogP contribution < -0.4 is 4.90 Å². The van der Waals surface area contributed by atoms with Crippen molar-refractivity contribution < 1.29 is 0 Å². The zero-order valence-electron chi connectivity index (χ0n) is 39.3. The van der Waals surface area contributed by atoms with Crippen molar-refractivity contribution in [2.24, 2.45) is 0 Å². The van der Waals surface area contributed by atoms with Crippen molar-refractivity contribution in [1.82, 2.24) is 4.57 Å². The normalized spacial score (nSPS) is 12.6. The van der Waals surface area contributed by atoms with Gasteiger partial charge in [0.15, 0.2) is 0 Å². The van der Waals surface area contributed by atoms with Gasteiger partial charge in [-0.05, 0) is 154 Å². The van der Waals surface area contributed by atoms with Gasteiger partial charge in [0.25, 0.3) is 0 Å². The highest BCUT2D eigenvalue weighted by atomic mass is 15.1. The minimum Gasteiger partial charge on any atom is -0.311 e. The fourth-order valence-corrected chi connectivity index (χ4v) is 10.7. The summed E-state index contributed by atoms with van der Waals surface area (Å²) in [5, 5.41) is 2.49. The van der Waals surface area contributed by atoms with Crippen LogP contribution in [0.5, 0.6) is 0 Å². The largest absolute Gasteiger partial charge is 0.311 e. The van der Waals surface area contributed by atoms with Crippen LogP contribution in [0.3, 0.4) is 0 Å². The molecule has 11 aromatic rings. The van der Waals surface area contributed by atoms with Gasteiger partial charge in [-0.15, -0.1) is 0 Å². The molecule has 10 aromatic carbocycles. The van der Waals surface area contributed by atoms with E-state index in [1.54, 1.807) is 0 Å². The number of benzene rings is 10. The van der Waals surface area contributed by atoms with Gasteiger partial charge in [0.05, 0.1) is 11.0 Å². The first-order valence-electron chi connectivity index (χ1n) is 23.8. The van der Waals surface area contributed by atoms with E-state index >= 15 is 0 Å². The predicted octanol–water partition coefficient (Wildman–Crippen LogP) is 18.2. The van der Waals surface area contributed by atoms with Gasteiger partial charge in [-0.3, -0.25) is 0 Å². The summed E-state index contributed by atoms with van der Waals surface area (Å²) in [6, 6.07) is 83.2. The lowest BCUT2D eigenvalue weighted by Crippen LogP contribution is -2.15. The Hall–Kier alpha value is -8.20. The number of rotatable bonds is 8. The van der Waals surface area contributed by atoms with E-state index in [9.17, 15) is 0 Å². The lowest BCUT2D eigenvalue weighted by Gasteiger charge is -2.26. The van der Waals surface area contributed by atoms with E-state index in [0.717, 1.165) is 22.7 Å². The maximum absolute atomic E-state index is 2.43. The molecule has 0 amide bonds. The molecule has 0 saturated carbocycles. The number of hydrogen-bond acceptors (Lipinski definition) is 1. The number of aryl methyl sites for hydroxylation is 3. The van der Waals surface area contributed by atoms with Crippen LogP contribution in [0.25, 0.3) is 83.1 Å². The van der Waals surface area contributed by atoms with E-state index < -0.39 is 0 Å². The van der Waals surface area contributed by atoms with E-state index in [2.05, 4.69) is 269 Å². The summed E-state index contributed by atoms with van der Waals surface area (Å²) in [5.41, 5.74) is 25.9. The molecule has 0 spiro atoms. The molecule has 2 heteroatoms. The number of hydrogen-bond donors (Lipinski definition) is 0. The Morgan fingerprint density at radius 2 is 0.794 bits per heavy atom. The molecule has 0 atom stereocenters. The SMILES string of the molecule is Cc1ccc(-c2ccc(-c3cccc(-n4c5ccccc5c5c(-c6ccc(N(c7ccc(C)cc7)c7ccc(-c8ccc9c(c8)C(C)(C)c8cc(C)ccc8-9)cc7)cc6)cccc54)c3)cc2)cc1. The second-order valence-electron chi connectivity index (χ2n) is 19.2. The Morgan fingerprint density at radius 3 is 1.46 bits per heavy atom. The van der Waals surface area contributed by atoms with Crippen molar-refractivity contribution >= 4 is 38.9 Å². The molecule has 0 N–H and O–H groups in total. The van der Waals surface area contributed by atoms with Crippen LogP contribution in [0.4, 0.5) is 17.1 Å². The Balaban J connectivity index is 0.884. The fourth-order valence-electron chi connectivity index (χ4n) is 10.7. The van der Waals surface area contributed by atoms with Crippen LogP contribution in [0.2, 0.25) is 0 Å². The first kappa shape index (κ1) is 41.2. The van der Waals surface area contributed by atoms with Gasteiger partial charge >= 0.3 is 0 Å². The molecule has 1 aliphatic rings. The summed E-state index contributed by atoms with van der Waals surface area (Å²) >= 11 is 0. The van der Waals surface area contributed by atoms with Gasteiger partial charge in [-0.25, -0.2) is 0 Å². The lowest BCUT2D eigenvalue weighted by molar-refractivity contribution is 0.660. The van der Waals surface area contributed by atoms with E-state index in [1.807, 2.05) is 0 Å². The molecule has 1 aromatic heterocycles. The minimum absolute atomic E-state index is 0.0493. The third kappa shape index (κ3) is 7.04. The second kappa shape index (κ2) is 16.3. The first-order chi connectivity index (χ1) is 33.2. The molecule has 0 unspecified atom stereocenters. The quantitative estimate of drug-likeness (QED) is 0.148. The Labute approximate surface area is 400 Å². The molecule has 0 radical (unpaired) electrons. The van der Waals surface area contributed by atoms with Crippen LogP contribution in [-0.2, 0) is 5.41 Å². The molecule has 1 aliphatic carbocycles. The van der Waals surface area contributed by atoms with E-state index in [0.29, 0.717) is 0 Å². The Kier molecular flexibility index (Phi) is 9.88. The molecular formula is C66H52N2. The fraction of sp³-hybridized carbons (Fsp3) is 0.0909. The number of anilines is 3. The van der Waals surface area contributed by atoms with Crippen molar-refractivity contribution in [2.75, 3.05) is 4.90 Å². The van der Waals surface area contributed by atoms with Gasteiger partial charge in [0, 0.05) is 38.9 Å². The molecule has 68 heavy (non-hydrogen) atoms. The zero-order valence-corrected chi connectivity index (χ0v) is 39.3. The van der Waals surface area contributed by atoms with Gasteiger partial charge in [0.1, 0.15) is 0 Å². The van der Waals surface area contributed by atoms with Crippen molar-refractivity contribution in [3.05, 3.63) is 252 Å². The third-order valence-electron chi connectivity index (χ3n) is 14.4. The van der Waals surface area contributed by atoms with E-state index in [4.69, 9.17) is 0 Å². The maximum atomic E-state index is 2.43. The standard InChI is InChI=1S/C66H52N2/c1-43-16-21-46(22-17-43)47-23-25-48(26-24-47)51-10-8-11-56(41-51)68-63-14-7-6-12-60(63)65-57(13-9-15-64(65)68)50-29-36-55(37-30-50)67(53-32-18-44(2)19-33-53)54-34-27-49(28-35-54)52-31-39-59-58-38-20-45(3)40-61(58)66(4,5)62(59)42-52/h6-42H,1-5H3. The first-order valence-corrected chi connectivity index (χ1v) is 23.8. The van der Waals surface area contributed by atoms with Crippen molar-refractivity contribution in [3.63, 3.8) is 0 Å². The van der Waals surface area contributed by atoms with E-state index in [1.165, 1.54) is 105 Å². The molecule has 0 saturated heterocycles. The van der Waals surface area contributed by atoms with Crippen LogP contribution in [0.1, 0.15) is 41.7 Å². The van der Waals surface area contributed by atoms with Gasteiger partial charge in [0.2, 0.25) is 0 Å². The minimum atomic E-state index is -0.0493. The highest BCUT2D eigenvalue weighted by molar-refractivity contribution is 6.16. The molecule has 12 rings (SSSR count). The number of para-hydroxylation sites is 1. The molecule has 1 heterocycles. The molecule has 2 nitrogen and oxygen atoms in total. The average molecular weight is 873 g/mol. The lowest BCUT2D eigenvalue weighted by atomic mass is 9.81. The van der Waals surface area contributed by atoms with Crippen molar-refractivity contribution in [3.8, 4) is 61.3 Å². The Bertz CT molecular complexity index is 3680. The summed E-state index contributed by atoms with van der Waals surface area (Å²) < 4.78 is 2.43. The molecule has 0 fully saturated rings. The van der Waals surface area contributed by atoms with Crippen LogP contribution >= 0.6 is 0 Å². The average Bonchev–Trinajstić information content (AvgIpc) is 3.83. The zero-order chi connectivity index (χ0) is 46.1. The number of aromatic nitrogens is 1. The highest BCUT2D eigenvalue weighted by Gasteiger charge is 2.35. The van der Waals surface area contributed by atoms with Crippen LogP contribution in [0, 0.1) is 20.8 Å². The molecule has 326 valence electrons. The predicted molar refractivity (Wildman–Crippen MR) is 289 cm³/mol. The second-order valence-corrected chi connectivity index (χ2v) is 19.2. The topological polar surface area (TPSA) is 8.17 Å². The summed E-state index contributed by atoms with van der Waals surface area (Å²) in [6.07, 6.45) is 0. The van der Waals surface area contributed by atoms with Gasteiger partial charge in [-0.2, -0.15) is 0 Å². The van der Waals surface area contributed by atoms with E-state index in [-0.39, 0.29) is 5.41 Å². The molecular weight excluding hydrogens is 821 g/mol. The summed E-state index contributed by atoms with van der Waals surface area (Å²) in [4.78, 5) is 2.37. The molecule has 0 bridgehead atoms. The van der Waals surface area contributed by atoms with Crippen molar-refractivity contribution in [1.29, 1.82) is 0 Å². The summed E-state index contributed by atoms with van der Waals surface area (Å²) in [7, 11) is 0. The summed E-state index contributed by atoms with van der Waals surface area (Å²) in [5.74, 6) is 0. The maximum Gasteiger partial charge on any atom is 0.0547 e. The van der Waals surface area contributed by atoms with Crippen LogP contribution in [0.15, 0.2) is 224 Å². The van der Waals surface area contributed by atoms with Gasteiger partial charge in [-0.1, -0.05) is 188 Å². The number of nitrogens with zero attached hydrogens (tertiary/aromatic N) is 2. The van der Waals surface area contributed by atoms with Crippen molar-refractivity contribution in [2.45, 2.75) is 40.0 Å². The summed E-state index contributed by atoms with van der Waals surface area (Å²) in [6.45, 7) is 11.2. The van der Waals surface area contributed by atoms with Crippen LogP contribution in [-0.4, -0.2) is 4.57 Å². The Morgan fingerprint density at radius 1 is 0.338 bits per heavy atom. The smallest absolute Gasteiger partial charge is 0.0547 e. The number of fused-ring (bicyclic) bond motifs is 6. The highest BCUT2D eigenvalue weighted by Crippen LogP contribution is 2.50. The van der Waals surface area contributed by atoms with Gasteiger partial charge < -0.3 is 9.47 Å². The monoisotopic (exact) mass is 872 g/mol. The third-order valence-corrected chi connectivity index (χ3v) is 14.4.